The van der Waals surface area contributed by atoms with Crippen molar-refractivity contribution in [3.8, 4) is 0 Å². The number of esters is 1. The molecule has 4 aliphatic rings. The van der Waals surface area contributed by atoms with Gasteiger partial charge < -0.3 is 19.5 Å². The van der Waals surface area contributed by atoms with Crippen molar-refractivity contribution < 1.29 is 24.2 Å². The Hall–Kier alpha value is -1.60. The fraction of sp³-hybridized carbons (Fsp3) is 0.818. The van der Waals surface area contributed by atoms with Crippen LogP contribution in [0, 0.1) is 23.2 Å². The van der Waals surface area contributed by atoms with Crippen LogP contribution in [0.15, 0.2) is 11.6 Å². The summed E-state index contributed by atoms with van der Waals surface area (Å²) in [4.78, 5) is 28.6. The topological polar surface area (TPSA) is 79.3 Å². The first-order valence-corrected chi connectivity index (χ1v) is 11.1. The van der Waals surface area contributed by atoms with E-state index in [9.17, 15) is 14.7 Å². The normalized spacial score (nSPS) is 40.0. The number of piperazine rings is 1. The van der Waals surface area contributed by atoms with E-state index in [-0.39, 0.29) is 35.4 Å². The van der Waals surface area contributed by atoms with Crippen LogP contribution in [-0.4, -0.2) is 78.5 Å². The summed E-state index contributed by atoms with van der Waals surface area (Å²) >= 11 is 0. The zero-order valence-corrected chi connectivity index (χ0v) is 17.8. The van der Waals surface area contributed by atoms with Gasteiger partial charge in [-0.05, 0) is 25.7 Å². The highest BCUT2D eigenvalue weighted by Crippen LogP contribution is 2.56. The van der Waals surface area contributed by atoms with Gasteiger partial charge in [0.25, 0.3) is 0 Å². The van der Waals surface area contributed by atoms with Gasteiger partial charge in [-0.15, -0.1) is 0 Å². The quantitative estimate of drug-likeness (QED) is 0.571. The molecular formula is C22H34N2O5. The summed E-state index contributed by atoms with van der Waals surface area (Å²) < 4.78 is 10.8. The van der Waals surface area contributed by atoms with Crippen molar-refractivity contribution in [2.45, 2.75) is 52.2 Å². The molecule has 6 atom stereocenters. The highest BCUT2D eigenvalue weighted by Gasteiger charge is 2.59. The van der Waals surface area contributed by atoms with Crippen molar-refractivity contribution in [1.82, 2.24) is 9.80 Å². The van der Waals surface area contributed by atoms with E-state index in [1.54, 1.807) is 11.8 Å². The number of amides is 1. The predicted molar refractivity (Wildman–Crippen MR) is 107 cm³/mol. The van der Waals surface area contributed by atoms with Gasteiger partial charge in [0.2, 0.25) is 0 Å². The number of aliphatic hydroxyl groups excluding tert-OH is 1. The first kappa shape index (κ1) is 20.7. The number of hydrogen-bond acceptors (Lipinski definition) is 6. The highest BCUT2D eigenvalue weighted by atomic mass is 16.6. The minimum Gasteiger partial charge on any atom is -0.461 e. The summed E-state index contributed by atoms with van der Waals surface area (Å²) in [5, 5.41) is 11.4. The molecule has 0 aromatic carbocycles. The standard InChI is InChI=1S/C22H34N2O5/c1-4-28-21(27)24-10-8-23(9-11-24)13-16-18-17(29-20(16)26)12-15-7-5-6-14(2)22(15,3)19(18)25/h7,14,16-19,25H,4-6,8-13H2,1-3H3/t14-,16+,17-,18-,19+,22-/m1/s1. The number of fused-ring (bicyclic) bond motifs is 2. The predicted octanol–water partition coefficient (Wildman–Crippen LogP) is 2.05. The molecule has 1 N–H and O–H groups in total. The molecule has 3 fully saturated rings. The summed E-state index contributed by atoms with van der Waals surface area (Å²) in [6, 6.07) is 0. The third kappa shape index (κ3) is 3.46. The SMILES string of the molecule is CCOC(=O)N1CCN(C[C@@H]2C(=O)O[C@@H]3CC4=CCC[C@@H](C)[C@@]4(C)[C@@H](O)[C@H]23)CC1. The zero-order valence-electron chi connectivity index (χ0n) is 17.8. The number of allylic oxidation sites excluding steroid dienone is 1. The van der Waals surface area contributed by atoms with Gasteiger partial charge >= 0.3 is 12.1 Å². The van der Waals surface area contributed by atoms with Crippen LogP contribution in [0.5, 0.6) is 0 Å². The second kappa shape index (κ2) is 7.91. The Labute approximate surface area is 173 Å². The fourth-order valence-corrected chi connectivity index (χ4v) is 5.88. The lowest BCUT2D eigenvalue weighted by molar-refractivity contribution is -0.145. The number of carbonyl (C=O) groups excluding carboxylic acids is 2. The number of ether oxygens (including phenoxy) is 2. The molecule has 2 aliphatic heterocycles. The maximum atomic E-state index is 12.7. The smallest absolute Gasteiger partial charge is 0.409 e. The van der Waals surface area contributed by atoms with Crippen LogP contribution < -0.4 is 0 Å². The molecule has 0 aromatic rings. The van der Waals surface area contributed by atoms with E-state index < -0.39 is 6.10 Å². The van der Waals surface area contributed by atoms with Gasteiger partial charge in [-0.3, -0.25) is 9.69 Å². The third-order valence-electron chi connectivity index (χ3n) is 7.92. The molecule has 2 aliphatic carbocycles. The molecule has 0 bridgehead atoms. The zero-order chi connectivity index (χ0) is 20.8. The van der Waals surface area contributed by atoms with Crippen LogP contribution >= 0.6 is 0 Å². The molecule has 0 radical (unpaired) electrons. The summed E-state index contributed by atoms with van der Waals surface area (Å²) in [6.07, 6.45) is 4.07. The molecule has 1 saturated carbocycles. The number of hydrogen-bond donors (Lipinski definition) is 1. The average molecular weight is 407 g/mol. The van der Waals surface area contributed by atoms with Gasteiger partial charge in [0, 0.05) is 50.5 Å². The maximum Gasteiger partial charge on any atom is 0.409 e. The van der Waals surface area contributed by atoms with Gasteiger partial charge in [-0.25, -0.2) is 4.79 Å². The fourth-order valence-electron chi connectivity index (χ4n) is 5.88. The van der Waals surface area contributed by atoms with E-state index in [4.69, 9.17) is 9.47 Å². The Morgan fingerprint density at radius 2 is 2.07 bits per heavy atom. The number of aliphatic hydroxyl groups is 1. The summed E-state index contributed by atoms with van der Waals surface area (Å²) in [5.74, 6) is -0.254. The van der Waals surface area contributed by atoms with Crippen LogP contribution in [0.1, 0.15) is 40.0 Å². The lowest BCUT2D eigenvalue weighted by Crippen LogP contribution is -2.56. The van der Waals surface area contributed by atoms with E-state index in [1.165, 1.54) is 5.57 Å². The molecule has 0 aromatic heterocycles. The summed E-state index contributed by atoms with van der Waals surface area (Å²) in [7, 11) is 0. The van der Waals surface area contributed by atoms with E-state index in [2.05, 4.69) is 24.8 Å². The highest BCUT2D eigenvalue weighted by molar-refractivity contribution is 5.76. The number of rotatable bonds is 3. The molecule has 2 saturated heterocycles. The van der Waals surface area contributed by atoms with Crippen molar-refractivity contribution in [3.63, 3.8) is 0 Å². The van der Waals surface area contributed by atoms with Crippen LogP contribution in [0.4, 0.5) is 4.79 Å². The van der Waals surface area contributed by atoms with Crippen LogP contribution in [0.2, 0.25) is 0 Å². The van der Waals surface area contributed by atoms with Gasteiger partial charge in [0.15, 0.2) is 0 Å². The first-order valence-electron chi connectivity index (χ1n) is 11.1. The Morgan fingerprint density at radius 1 is 1.34 bits per heavy atom. The lowest BCUT2D eigenvalue weighted by atomic mass is 9.55. The molecule has 1 amide bonds. The maximum absolute atomic E-state index is 12.7. The number of nitrogens with zero attached hydrogens (tertiary/aromatic N) is 2. The first-order chi connectivity index (χ1) is 13.9. The Morgan fingerprint density at radius 3 is 2.76 bits per heavy atom. The van der Waals surface area contributed by atoms with Gasteiger partial charge in [-0.2, -0.15) is 0 Å². The molecule has 4 rings (SSSR count). The van der Waals surface area contributed by atoms with Crippen LogP contribution in [0.3, 0.4) is 0 Å². The Balaban J connectivity index is 1.44. The largest absolute Gasteiger partial charge is 0.461 e. The van der Waals surface area contributed by atoms with E-state index >= 15 is 0 Å². The van der Waals surface area contributed by atoms with Gasteiger partial charge in [-0.1, -0.05) is 25.5 Å². The summed E-state index contributed by atoms with van der Waals surface area (Å²) in [5.41, 5.74) is 0.996. The minimum atomic E-state index is -0.569. The van der Waals surface area contributed by atoms with Crippen molar-refractivity contribution >= 4 is 12.1 Å². The second-order valence-corrected chi connectivity index (χ2v) is 9.29. The molecule has 7 nitrogen and oxygen atoms in total. The summed E-state index contributed by atoms with van der Waals surface area (Å²) in [6.45, 7) is 9.75. The van der Waals surface area contributed by atoms with Gasteiger partial charge in [0.05, 0.1) is 18.6 Å². The molecular weight excluding hydrogens is 372 g/mol. The van der Waals surface area contributed by atoms with Crippen LogP contribution in [0.25, 0.3) is 0 Å². The molecule has 0 unspecified atom stereocenters. The molecule has 7 heteroatoms. The van der Waals surface area contributed by atoms with Crippen LogP contribution in [-0.2, 0) is 14.3 Å². The lowest BCUT2D eigenvalue weighted by Gasteiger charge is -2.52. The van der Waals surface area contributed by atoms with Gasteiger partial charge in [0.1, 0.15) is 6.10 Å². The van der Waals surface area contributed by atoms with Crippen molar-refractivity contribution in [3.05, 3.63) is 11.6 Å². The number of carbonyl (C=O) groups is 2. The molecule has 29 heavy (non-hydrogen) atoms. The molecule has 162 valence electrons. The van der Waals surface area contributed by atoms with E-state index in [0.717, 1.165) is 19.3 Å². The molecule has 0 spiro atoms. The Bertz CT molecular complexity index is 687. The second-order valence-electron chi connectivity index (χ2n) is 9.29. The van der Waals surface area contributed by atoms with Crippen molar-refractivity contribution in [2.24, 2.45) is 23.2 Å². The van der Waals surface area contributed by atoms with E-state index in [1.807, 2.05) is 0 Å². The van der Waals surface area contributed by atoms with Crippen molar-refractivity contribution in [1.29, 1.82) is 0 Å². The van der Waals surface area contributed by atoms with Crippen molar-refractivity contribution in [2.75, 3.05) is 39.3 Å². The third-order valence-corrected chi connectivity index (χ3v) is 7.92. The Kier molecular flexibility index (Phi) is 5.64. The molecule has 2 heterocycles. The van der Waals surface area contributed by atoms with E-state index in [0.29, 0.717) is 45.2 Å². The monoisotopic (exact) mass is 406 g/mol. The minimum absolute atomic E-state index is 0.159. The average Bonchev–Trinajstić information content (AvgIpc) is 3.00.